The second-order valence-corrected chi connectivity index (χ2v) is 6.21. The highest BCUT2D eigenvalue weighted by Crippen LogP contribution is 2.15. The van der Waals surface area contributed by atoms with E-state index in [1.54, 1.807) is 10.7 Å². The minimum Gasteiger partial charge on any atom is -0.364 e. The number of aromatic nitrogens is 5. The summed E-state index contributed by atoms with van der Waals surface area (Å²) in [6.07, 6.45) is 3.30. The van der Waals surface area contributed by atoms with Gasteiger partial charge in [0.1, 0.15) is 11.4 Å². The Bertz CT molecular complexity index is 1100. The zero-order chi connectivity index (χ0) is 18.8. The van der Waals surface area contributed by atoms with E-state index in [1.165, 1.54) is 6.20 Å². The van der Waals surface area contributed by atoms with Crippen molar-refractivity contribution in [1.29, 1.82) is 0 Å². The summed E-state index contributed by atoms with van der Waals surface area (Å²) in [7, 11) is 1.91. The van der Waals surface area contributed by atoms with Crippen LogP contribution in [0, 0.1) is 6.92 Å². The molecule has 8 nitrogen and oxygen atoms in total. The number of aryl methyl sites for hydroxylation is 2. The van der Waals surface area contributed by atoms with Gasteiger partial charge in [0.05, 0.1) is 24.1 Å². The van der Waals surface area contributed by atoms with E-state index in [4.69, 9.17) is 0 Å². The summed E-state index contributed by atoms with van der Waals surface area (Å²) in [5.74, 6) is 0.415. The van der Waals surface area contributed by atoms with Crippen LogP contribution in [0.2, 0.25) is 0 Å². The molecule has 3 aromatic heterocycles. The number of hydrogen-bond donors (Lipinski definition) is 2. The number of carbonyl (C=O) groups is 1. The van der Waals surface area contributed by atoms with Gasteiger partial charge in [-0.3, -0.25) is 9.48 Å². The number of carbonyl (C=O) groups excluding carboxylic acids is 1. The molecule has 136 valence electrons. The predicted octanol–water partition coefficient (Wildman–Crippen LogP) is 2.64. The van der Waals surface area contributed by atoms with Crippen molar-refractivity contribution < 1.29 is 4.79 Å². The summed E-state index contributed by atoms with van der Waals surface area (Å²) in [5.41, 5.74) is 3.65. The van der Waals surface area contributed by atoms with Crippen molar-refractivity contribution in [2.24, 2.45) is 7.05 Å². The fourth-order valence-corrected chi connectivity index (χ4v) is 2.86. The first-order valence-corrected chi connectivity index (χ1v) is 8.54. The van der Waals surface area contributed by atoms with Crippen LogP contribution >= 0.6 is 0 Å². The van der Waals surface area contributed by atoms with Crippen LogP contribution in [-0.4, -0.2) is 30.3 Å². The van der Waals surface area contributed by atoms with Crippen LogP contribution in [0.15, 0.2) is 54.9 Å². The molecule has 0 radical (unpaired) electrons. The van der Waals surface area contributed by atoms with Crippen molar-refractivity contribution >= 4 is 23.1 Å². The van der Waals surface area contributed by atoms with Gasteiger partial charge in [0, 0.05) is 18.9 Å². The van der Waals surface area contributed by atoms with Crippen molar-refractivity contribution in [3.8, 4) is 0 Å². The average Bonchev–Trinajstić information content (AvgIpc) is 3.22. The first-order valence-electron chi connectivity index (χ1n) is 8.54. The van der Waals surface area contributed by atoms with Crippen LogP contribution in [0.4, 0.5) is 11.5 Å². The lowest BCUT2D eigenvalue weighted by atomic mass is 10.2. The van der Waals surface area contributed by atoms with Crippen LogP contribution in [0.5, 0.6) is 0 Å². The van der Waals surface area contributed by atoms with Gasteiger partial charge in [0.25, 0.3) is 5.91 Å². The zero-order valence-electron chi connectivity index (χ0n) is 15.0. The molecule has 0 aliphatic heterocycles. The fourth-order valence-electron chi connectivity index (χ4n) is 2.86. The molecule has 3 heterocycles. The highest BCUT2D eigenvalue weighted by molar-refractivity contribution is 6.08. The Labute approximate surface area is 155 Å². The second-order valence-electron chi connectivity index (χ2n) is 6.21. The lowest BCUT2D eigenvalue weighted by molar-refractivity contribution is 0.102. The van der Waals surface area contributed by atoms with Crippen molar-refractivity contribution in [1.82, 2.24) is 24.4 Å². The Morgan fingerprint density at radius 2 is 2.00 bits per heavy atom. The highest BCUT2D eigenvalue weighted by atomic mass is 16.1. The zero-order valence-corrected chi connectivity index (χ0v) is 15.0. The van der Waals surface area contributed by atoms with Crippen LogP contribution in [0.1, 0.15) is 21.7 Å². The third-order valence-corrected chi connectivity index (χ3v) is 4.19. The third-order valence-electron chi connectivity index (χ3n) is 4.19. The van der Waals surface area contributed by atoms with E-state index < -0.39 is 0 Å². The first-order chi connectivity index (χ1) is 13.1. The molecule has 0 aliphatic carbocycles. The maximum Gasteiger partial charge on any atom is 0.261 e. The van der Waals surface area contributed by atoms with Crippen LogP contribution in [0.25, 0.3) is 5.65 Å². The van der Waals surface area contributed by atoms with E-state index in [-0.39, 0.29) is 5.91 Å². The molecule has 0 spiro atoms. The third kappa shape index (κ3) is 3.50. The van der Waals surface area contributed by atoms with Crippen LogP contribution < -0.4 is 10.6 Å². The summed E-state index contributed by atoms with van der Waals surface area (Å²) in [5, 5.41) is 14.7. The van der Waals surface area contributed by atoms with Gasteiger partial charge in [-0.25, -0.2) is 9.50 Å². The molecule has 0 saturated heterocycles. The molecule has 1 aromatic carbocycles. The van der Waals surface area contributed by atoms with Crippen molar-refractivity contribution in [3.63, 3.8) is 0 Å². The van der Waals surface area contributed by atoms with Gasteiger partial charge < -0.3 is 10.6 Å². The van der Waals surface area contributed by atoms with Gasteiger partial charge in [-0.1, -0.05) is 18.2 Å². The molecule has 0 aliphatic rings. The molecule has 0 fully saturated rings. The lowest BCUT2D eigenvalue weighted by Gasteiger charge is -2.07. The number of rotatable bonds is 5. The van der Waals surface area contributed by atoms with Gasteiger partial charge in [-0.05, 0) is 31.2 Å². The van der Waals surface area contributed by atoms with Gasteiger partial charge in [-0.2, -0.15) is 10.2 Å². The van der Waals surface area contributed by atoms with E-state index in [9.17, 15) is 4.79 Å². The smallest absolute Gasteiger partial charge is 0.261 e. The number of nitrogens with zero attached hydrogens (tertiary/aromatic N) is 5. The SMILES string of the molecule is Cc1cc(CNc2ccn3ncc(C(=O)Nc4ccccc4)c3n2)n(C)n1. The molecule has 0 atom stereocenters. The Kier molecular flexibility index (Phi) is 4.29. The molecule has 0 unspecified atom stereocenters. The molecular formula is C19H19N7O. The summed E-state index contributed by atoms with van der Waals surface area (Å²) in [4.78, 5) is 17.1. The summed E-state index contributed by atoms with van der Waals surface area (Å²) in [6.45, 7) is 2.54. The van der Waals surface area contributed by atoms with Crippen LogP contribution in [0.3, 0.4) is 0 Å². The molecular weight excluding hydrogens is 342 g/mol. The minimum atomic E-state index is -0.247. The number of nitrogens with one attached hydrogen (secondary N) is 2. The highest BCUT2D eigenvalue weighted by Gasteiger charge is 2.15. The van der Waals surface area contributed by atoms with Gasteiger partial charge in [0.15, 0.2) is 5.65 Å². The molecule has 27 heavy (non-hydrogen) atoms. The van der Waals surface area contributed by atoms with Gasteiger partial charge in [0.2, 0.25) is 0 Å². The van der Waals surface area contributed by atoms with Gasteiger partial charge >= 0.3 is 0 Å². The van der Waals surface area contributed by atoms with Crippen LogP contribution in [-0.2, 0) is 13.6 Å². The predicted molar refractivity (Wildman–Crippen MR) is 103 cm³/mol. The Balaban J connectivity index is 1.55. The summed E-state index contributed by atoms with van der Waals surface area (Å²) < 4.78 is 3.41. The number of hydrogen-bond acceptors (Lipinski definition) is 5. The molecule has 0 bridgehead atoms. The van der Waals surface area contributed by atoms with Crippen molar-refractivity contribution in [3.05, 3.63) is 71.8 Å². The quantitative estimate of drug-likeness (QED) is 0.570. The first kappa shape index (κ1) is 16.8. The lowest BCUT2D eigenvalue weighted by Crippen LogP contribution is -2.12. The van der Waals surface area contributed by atoms with E-state index >= 15 is 0 Å². The molecule has 4 aromatic rings. The Morgan fingerprint density at radius 1 is 1.19 bits per heavy atom. The fraction of sp³-hybridized carbons (Fsp3) is 0.158. The van der Waals surface area contributed by atoms with Gasteiger partial charge in [-0.15, -0.1) is 0 Å². The molecule has 8 heteroatoms. The number of para-hydroxylation sites is 1. The molecule has 1 amide bonds. The number of benzene rings is 1. The minimum absolute atomic E-state index is 0.247. The van der Waals surface area contributed by atoms with Crippen molar-refractivity contribution in [2.75, 3.05) is 10.6 Å². The molecule has 0 saturated carbocycles. The van der Waals surface area contributed by atoms with E-state index in [0.717, 1.165) is 17.1 Å². The average molecular weight is 361 g/mol. The van der Waals surface area contributed by atoms with E-state index in [2.05, 4.69) is 25.8 Å². The van der Waals surface area contributed by atoms with Crippen molar-refractivity contribution in [2.45, 2.75) is 13.5 Å². The topological polar surface area (TPSA) is 89.1 Å². The molecule has 4 rings (SSSR count). The second kappa shape index (κ2) is 6.91. The normalized spacial score (nSPS) is 10.9. The largest absolute Gasteiger partial charge is 0.364 e. The maximum absolute atomic E-state index is 12.6. The van der Waals surface area contributed by atoms with E-state index in [1.807, 2.05) is 61.1 Å². The van der Waals surface area contributed by atoms with E-state index in [0.29, 0.717) is 23.6 Å². The number of anilines is 2. The monoisotopic (exact) mass is 361 g/mol. The molecule has 2 N–H and O–H groups in total. The summed E-state index contributed by atoms with van der Waals surface area (Å²) >= 11 is 0. The standard InChI is InChI=1S/C19H19N7O/c1-13-10-15(25(2)24-13)11-20-17-8-9-26-18(23-17)16(12-21-26)19(27)22-14-6-4-3-5-7-14/h3-10,12H,11H2,1-2H3,(H,20,23)(H,22,27). The number of fused-ring (bicyclic) bond motifs is 1. The maximum atomic E-state index is 12.6. The Hall–Kier alpha value is -3.68. The number of amides is 1. The summed E-state index contributed by atoms with van der Waals surface area (Å²) in [6, 6.07) is 13.1. The Morgan fingerprint density at radius 3 is 2.74 bits per heavy atom.